The highest BCUT2D eigenvalue weighted by Gasteiger charge is 2.15. The number of amides is 1. The van der Waals surface area contributed by atoms with Gasteiger partial charge in [0.2, 0.25) is 5.91 Å². The SMILES string of the molecule is CCCCC(=O)Nc1cncc(-c2ccc3[nH]nc(-c4cc5c(-c6ccccn6)nccc5[nH]4)c3c2)c1. The second kappa shape index (κ2) is 9.66. The summed E-state index contributed by atoms with van der Waals surface area (Å²) >= 11 is 0. The average molecular weight is 488 g/mol. The van der Waals surface area contributed by atoms with Gasteiger partial charge in [0.05, 0.1) is 34.5 Å². The van der Waals surface area contributed by atoms with Crippen molar-refractivity contribution in [1.82, 2.24) is 30.1 Å². The van der Waals surface area contributed by atoms with Gasteiger partial charge in [0.15, 0.2) is 0 Å². The first-order chi connectivity index (χ1) is 18.2. The summed E-state index contributed by atoms with van der Waals surface area (Å²) in [6.45, 7) is 2.07. The molecule has 1 aromatic carbocycles. The van der Waals surface area contributed by atoms with Gasteiger partial charge in [0, 0.05) is 46.9 Å². The third-order valence-corrected chi connectivity index (χ3v) is 6.39. The van der Waals surface area contributed by atoms with E-state index in [0.717, 1.165) is 68.6 Å². The van der Waals surface area contributed by atoms with Crippen molar-refractivity contribution in [3.05, 3.63) is 79.4 Å². The van der Waals surface area contributed by atoms with Crippen LogP contribution in [0.5, 0.6) is 0 Å². The Hall–Kier alpha value is -4.85. The number of aromatic amines is 2. The lowest BCUT2D eigenvalue weighted by Gasteiger charge is -2.07. The minimum absolute atomic E-state index is 0.00625. The van der Waals surface area contributed by atoms with Gasteiger partial charge in [-0.25, -0.2) is 0 Å². The minimum atomic E-state index is 0.00625. The van der Waals surface area contributed by atoms with Gasteiger partial charge in [-0.05, 0) is 54.4 Å². The summed E-state index contributed by atoms with van der Waals surface area (Å²) < 4.78 is 0. The van der Waals surface area contributed by atoms with E-state index in [1.165, 1.54) is 0 Å². The summed E-state index contributed by atoms with van der Waals surface area (Å²) in [4.78, 5) is 29.1. The van der Waals surface area contributed by atoms with Crippen molar-refractivity contribution in [2.24, 2.45) is 0 Å². The summed E-state index contributed by atoms with van der Waals surface area (Å²) in [6, 6.07) is 17.9. The fourth-order valence-corrected chi connectivity index (χ4v) is 4.51. The van der Waals surface area contributed by atoms with E-state index >= 15 is 0 Å². The predicted molar refractivity (Wildman–Crippen MR) is 146 cm³/mol. The van der Waals surface area contributed by atoms with E-state index in [9.17, 15) is 4.79 Å². The molecule has 0 bridgehead atoms. The van der Waals surface area contributed by atoms with Gasteiger partial charge in [-0.3, -0.25) is 24.8 Å². The molecule has 0 aliphatic carbocycles. The molecule has 3 N–H and O–H groups in total. The van der Waals surface area contributed by atoms with Crippen molar-refractivity contribution in [3.63, 3.8) is 0 Å². The van der Waals surface area contributed by atoms with Gasteiger partial charge in [0.25, 0.3) is 0 Å². The summed E-state index contributed by atoms with van der Waals surface area (Å²) in [5.41, 5.74) is 7.84. The van der Waals surface area contributed by atoms with Crippen molar-refractivity contribution in [2.45, 2.75) is 26.2 Å². The van der Waals surface area contributed by atoms with Gasteiger partial charge in [-0.2, -0.15) is 5.10 Å². The van der Waals surface area contributed by atoms with E-state index in [2.05, 4.69) is 54.5 Å². The van der Waals surface area contributed by atoms with E-state index in [1.54, 1.807) is 24.8 Å². The molecule has 0 fully saturated rings. The summed E-state index contributed by atoms with van der Waals surface area (Å²) in [6.07, 6.45) is 9.39. The zero-order valence-corrected chi connectivity index (χ0v) is 20.3. The largest absolute Gasteiger partial charge is 0.353 e. The lowest BCUT2D eigenvalue weighted by Crippen LogP contribution is -2.11. The molecular formula is C29H25N7O. The van der Waals surface area contributed by atoms with E-state index < -0.39 is 0 Å². The molecule has 6 rings (SSSR count). The first kappa shape index (κ1) is 22.6. The van der Waals surface area contributed by atoms with Gasteiger partial charge in [-0.1, -0.05) is 25.5 Å². The molecular weight excluding hydrogens is 462 g/mol. The van der Waals surface area contributed by atoms with E-state index in [1.807, 2.05) is 42.5 Å². The van der Waals surface area contributed by atoms with E-state index in [-0.39, 0.29) is 5.91 Å². The molecule has 0 unspecified atom stereocenters. The van der Waals surface area contributed by atoms with Crippen molar-refractivity contribution >= 4 is 33.4 Å². The Morgan fingerprint density at radius 1 is 0.892 bits per heavy atom. The molecule has 37 heavy (non-hydrogen) atoms. The molecule has 5 heterocycles. The highest BCUT2D eigenvalue weighted by Crippen LogP contribution is 2.34. The van der Waals surface area contributed by atoms with Crippen LogP contribution in [-0.4, -0.2) is 36.0 Å². The van der Waals surface area contributed by atoms with Crippen LogP contribution in [0, 0.1) is 0 Å². The molecule has 0 aliphatic heterocycles. The Morgan fingerprint density at radius 3 is 2.68 bits per heavy atom. The molecule has 8 heteroatoms. The number of anilines is 1. The minimum Gasteiger partial charge on any atom is -0.353 e. The number of nitrogens with zero attached hydrogens (tertiary/aromatic N) is 4. The lowest BCUT2D eigenvalue weighted by atomic mass is 10.0. The molecule has 6 aromatic rings. The topological polar surface area (TPSA) is 112 Å². The fraction of sp³-hybridized carbons (Fsp3) is 0.138. The van der Waals surface area contributed by atoms with Crippen molar-refractivity contribution in [3.8, 4) is 33.9 Å². The number of carbonyl (C=O) groups is 1. The molecule has 0 spiro atoms. The third kappa shape index (κ3) is 4.45. The monoisotopic (exact) mass is 487 g/mol. The standard InChI is InChI=1S/C29H25N7O/c1-2-3-7-27(37)33-20-13-19(16-30-17-20)18-8-9-24-21(14-18)29(36-35-24)26-15-22-23(34-26)10-12-32-28(22)25-6-4-5-11-31-25/h4-6,8-17,34H,2-3,7H2,1H3,(H,33,37)(H,35,36). The predicted octanol–water partition coefficient (Wildman–Crippen LogP) is 6.36. The molecule has 0 saturated carbocycles. The zero-order chi connectivity index (χ0) is 25.2. The van der Waals surface area contributed by atoms with Crippen LogP contribution in [0.15, 0.2) is 79.4 Å². The number of fused-ring (bicyclic) bond motifs is 2. The first-order valence-electron chi connectivity index (χ1n) is 12.3. The lowest BCUT2D eigenvalue weighted by molar-refractivity contribution is -0.116. The van der Waals surface area contributed by atoms with E-state index in [4.69, 9.17) is 0 Å². The van der Waals surface area contributed by atoms with Crippen LogP contribution >= 0.6 is 0 Å². The molecule has 5 aromatic heterocycles. The van der Waals surface area contributed by atoms with Crippen molar-refractivity contribution in [1.29, 1.82) is 0 Å². The summed E-state index contributed by atoms with van der Waals surface area (Å²) in [5, 5.41) is 12.7. The number of rotatable bonds is 7. The number of hydrogen-bond acceptors (Lipinski definition) is 5. The summed E-state index contributed by atoms with van der Waals surface area (Å²) in [7, 11) is 0. The number of carbonyl (C=O) groups excluding carboxylic acids is 1. The number of unbranched alkanes of at least 4 members (excludes halogenated alkanes) is 1. The Kier molecular flexibility index (Phi) is 5.90. The fourth-order valence-electron chi connectivity index (χ4n) is 4.51. The number of nitrogens with one attached hydrogen (secondary N) is 3. The number of hydrogen-bond donors (Lipinski definition) is 3. The Labute approximate surface area is 213 Å². The highest BCUT2D eigenvalue weighted by atomic mass is 16.1. The zero-order valence-electron chi connectivity index (χ0n) is 20.3. The van der Waals surface area contributed by atoms with Crippen LogP contribution < -0.4 is 5.32 Å². The number of benzene rings is 1. The molecule has 8 nitrogen and oxygen atoms in total. The third-order valence-electron chi connectivity index (χ3n) is 6.39. The number of pyridine rings is 3. The highest BCUT2D eigenvalue weighted by molar-refractivity contribution is 6.00. The second-order valence-electron chi connectivity index (χ2n) is 8.97. The summed E-state index contributed by atoms with van der Waals surface area (Å²) in [5.74, 6) is 0.00625. The molecule has 0 aliphatic rings. The second-order valence-corrected chi connectivity index (χ2v) is 8.97. The molecule has 1 amide bonds. The molecule has 0 radical (unpaired) electrons. The smallest absolute Gasteiger partial charge is 0.224 e. The van der Waals surface area contributed by atoms with Crippen LogP contribution in [0.1, 0.15) is 26.2 Å². The maximum Gasteiger partial charge on any atom is 0.224 e. The molecule has 0 saturated heterocycles. The quantitative estimate of drug-likeness (QED) is 0.243. The Balaban J connectivity index is 1.37. The normalized spacial score (nSPS) is 11.3. The number of aromatic nitrogens is 6. The van der Waals surface area contributed by atoms with Crippen LogP contribution in [0.25, 0.3) is 55.7 Å². The van der Waals surface area contributed by atoms with Crippen LogP contribution in [0.4, 0.5) is 5.69 Å². The van der Waals surface area contributed by atoms with Crippen LogP contribution in [0.3, 0.4) is 0 Å². The Morgan fingerprint density at radius 2 is 1.81 bits per heavy atom. The number of H-pyrrole nitrogens is 2. The maximum atomic E-state index is 12.2. The average Bonchev–Trinajstić information content (AvgIpc) is 3.56. The molecule has 0 atom stereocenters. The van der Waals surface area contributed by atoms with Gasteiger partial charge < -0.3 is 10.3 Å². The van der Waals surface area contributed by atoms with Gasteiger partial charge in [0.1, 0.15) is 5.69 Å². The van der Waals surface area contributed by atoms with Crippen LogP contribution in [0.2, 0.25) is 0 Å². The van der Waals surface area contributed by atoms with Crippen molar-refractivity contribution < 1.29 is 4.79 Å². The van der Waals surface area contributed by atoms with Crippen LogP contribution in [-0.2, 0) is 4.79 Å². The van der Waals surface area contributed by atoms with Gasteiger partial charge >= 0.3 is 0 Å². The maximum absolute atomic E-state index is 12.2. The Bertz CT molecular complexity index is 1720. The first-order valence-corrected chi connectivity index (χ1v) is 12.3. The molecule has 182 valence electrons. The van der Waals surface area contributed by atoms with Gasteiger partial charge in [-0.15, -0.1) is 0 Å². The van der Waals surface area contributed by atoms with E-state index in [0.29, 0.717) is 12.1 Å². The van der Waals surface area contributed by atoms with Crippen molar-refractivity contribution in [2.75, 3.05) is 5.32 Å².